The highest BCUT2D eigenvalue weighted by Crippen LogP contribution is 2.34. The molecule has 0 bridgehead atoms. The molecule has 0 unspecified atom stereocenters. The van der Waals surface area contributed by atoms with E-state index in [0.717, 1.165) is 5.56 Å². The van der Waals surface area contributed by atoms with Crippen LogP contribution in [0.25, 0.3) is 0 Å². The first-order valence-corrected chi connectivity index (χ1v) is 11.1. The van der Waals surface area contributed by atoms with Gasteiger partial charge in [-0.05, 0) is 23.8 Å². The van der Waals surface area contributed by atoms with Gasteiger partial charge in [0.2, 0.25) is 0 Å². The van der Waals surface area contributed by atoms with Gasteiger partial charge in [0.05, 0.1) is 24.3 Å². The number of carbonyl (C=O) groups excluding carboxylic acids is 3. The molecule has 2 aliphatic rings. The summed E-state index contributed by atoms with van der Waals surface area (Å²) in [6, 6.07) is 18.3. The molecule has 174 valence electrons. The number of aromatic nitrogens is 2. The van der Waals surface area contributed by atoms with Crippen LogP contribution in [0.3, 0.4) is 0 Å². The Morgan fingerprint density at radius 2 is 1.82 bits per heavy atom. The lowest BCUT2D eigenvalue weighted by Gasteiger charge is -2.23. The summed E-state index contributed by atoms with van der Waals surface area (Å²) in [5.74, 6) is -0.605. The zero-order valence-electron chi connectivity index (χ0n) is 18.8. The Morgan fingerprint density at radius 3 is 2.59 bits per heavy atom. The summed E-state index contributed by atoms with van der Waals surface area (Å²) in [5.41, 5.74) is 1.38. The van der Waals surface area contributed by atoms with Gasteiger partial charge in [-0.2, -0.15) is 5.10 Å². The van der Waals surface area contributed by atoms with Gasteiger partial charge in [0, 0.05) is 32.8 Å². The summed E-state index contributed by atoms with van der Waals surface area (Å²) < 4.78 is 7.32. The SMILES string of the molecule is Cn1ccc(C(=O)Nc2ccccc2C(=O)N2CC[C@@]3(CN(Cc4ccccc4)C(=O)O3)C2)n1. The molecule has 9 heteroatoms. The van der Waals surface area contributed by atoms with E-state index in [1.165, 1.54) is 0 Å². The number of nitrogens with one attached hydrogen (secondary N) is 1. The van der Waals surface area contributed by atoms with E-state index < -0.39 is 5.60 Å². The van der Waals surface area contributed by atoms with Crippen molar-refractivity contribution in [2.45, 2.75) is 18.6 Å². The molecule has 3 amide bonds. The first-order chi connectivity index (χ1) is 16.4. The number of carbonyl (C=O) groups is 3. The molecule has 1 aromatic heterocycles. The van der Waals surface area contributed by atoms with Gasteiger partial charge >= 0.3 is 6.09 Å². The van der Waals surface area contributed by atoms with Crippen LogP contribution in [-0.2, 0) is 18.3 Å². The average Bonchev–Trinajstić information content (AvgIpc) is 3.53. The lowest BCUT2D eigenvalue weighted by Crippen LogP contribution is -2.39. The Labute approximate surface area is 196 Å². The van der Waals surface area contributed by atoms with Gasteiger partial charge in [-0.3, -0.25) is 19.2 Å². The van der Waals surface area contributed by atoms with Gasteiger partial charge in [0.25, 0.3) is 11.8 Å². The molecule has 9 nitrogen and oxygen atoms in total. The maximum atomic E-state index is 13.4. The van der Waals surface area contributed by atoms with Crippen molar-refractivity contribution in [1.82, 2.24) is 19.6 Å². The summed E-state index contributed by atoms with van der Waals surface area (Å²) in [6.07, 6.45) is 1.89. The topological polar surface area (TPSA) is 96.8 Å². The summed E-state index contributed by atoms with van der Waals surface area (Å²) in [5, 5.41) is 6.90. The molecular weight excluding hydrogens is 434 g/mol. The van der Waals surface area contributed by atoms with Crippen LogP contribution in [0.2, 0.25) is 0 Å². The zero-order valence-corrected chi connectivity index (χ0v) is 18.8. The van der Waals surface area contributed by atoms with Crippen LogP contribution in [-0.4, -0.2) is 62.7 Å². The number of para-hydroxylation sites is 1. The smallest absolute Gasteiger partial charge is 0.410 e. The molecule has 34 heavy (non-hydrogen) atoms. The lowest BCUT2D eigenvalue weighted by molar-refractivity contribution is 0.0553. The first-order valence-electron chi connectivity index (χ1n) is 11.1. The number of aryl methyl sites for hydroxylation is 1. The standard InChI is InChI=1S/C25H25N5O4/c1-28-13-11-21(27-28)22(31)26-20-10-6-5-9-19(20)23(32)29-14-12-25(16-29)17-30(24(33)34-25)15-18-7-3-2-4-8-18/h2-11,13H,12,14-17H2,1H3,(H,26,31)/t25-/m0/s1. The second kappa shape index (κ2) is 8.66. The highest BCUT2D eigenvalue weighted by molar-refractivity contribution is 6.08. The van der Waals surface area contributed by atoms with E-state index in [4.69, 9.17) is 4.74 Å². The lowest BCUT2D eigenvalue weighted by atomic mass is 10.0. The number of benzene rings is 2. The van der Waals surface area contributed by atoms with Gasteiger partial charge in [-0.25, -0.2) is 4.79 Å². The molecule has 2 fully saturated rings. The molecule has 3 heterocycles. The van der Waals surface area contributed by atoms with Gasteiger partial charge in [0.15, 0.2) is 11.3 Å². The van der Waals surface area contributed by atoms with Crippen LogP contribution >= 0.6 is 0 Å². The maximum Gasteiger partial charge on any atom is 0.410 e. The van der Waals surface area contributed by atoms with Crippen molar-refractivity contribution in [2.75, 3.05) is 25.0 Å². The predicted octanol–water partition coefficient (Wildman–Crippen LogP) is 2.91. The molecule has 5 rings (SSSR count). The van der Waals surface area contributed by atoms with Crippen molar-refractivity contribution in [1.29, 1.82) is 0 Å². The molecule has 0 radical (unpaired) electrons. The number of amides is 3. The molecule has 0 aliphatic carbocycles. The highest BCUT2D eigenvalue weighted by atomic mass is 16.6. The fourth-order valence-electron chi connectivity index (χ4n) is 4.52. The Hall–Kier alpha value is -4.14. The van der Waals surface area contributed by atoms with E-state index in [1.807, 2.05) is 30.3 Å². The Kier molecular flexibility index (Phi) is 5.53. The monoisotopic (exact) mass is 459 g/mol. The third-order valence-corrected chi connectivity index (χ3v) is 6.21. The number of rotatable bonds is 5. The Morgan fingerprint density at radius 1 is 1.06 bits per heavy atom. The third-order valence-electron chi connectivity index (χ3n) is 6.21. The molecular formula is C25H25N5O4. The van der Waals surface area contributed by atoms with Crippen LogP contribution in [0.4, 0.5) is 10.5 Å². The number of likely N-dealkylation sites (tertiary alicyclic amines) is 1. The maximum absolute atomic E-state index is 13.4. The minimum absolute atomic E-state index is 0.216. The highest BCUT2D eigenvalue weighted by Gasteiger charge is 2.50. The molecule has 2 saturated heterocycles. The quantitative estimate of drug-likeness (QED) is 0.633. The van der Waals surface area contributed by atoms with E-state index in [2.05, 4.69) is 10.4 Å². The summed E-state index contributed by atoms with van der Waals surface area (Å²) in [4.78, 5) is 41.9. The fraction of sp³-hybridized carbons (Fsp3) is 0.280. The molecule has 1 atom stereocenters. The van der Waals surface area contributed by atoms with Crippen molar-refractivity contribution < 1.29 is 19.1 Å². The zero-order chi connectivity index (χ0) is 23.7. The molecule has 0 saturated carbocycles. The predicted molar refractivity (Wildman–Crippen MR) is 124 cm³/mol. The number of hydrogen-bond acceptors (Lipinski definition) is 5. The van der Waals surface area contributed by atoms with Gasteiger partial charge in [-0.15, -0.1) is 0 Å². The average molecular weight is 460 g/mol. The normalized spacial score (nSPS) is 19.5. The van der Waals surface area contributed by atoms with Gasteiger partial charge in [0.1, 0.15) is 0 Å². The first kappa shape index (κ1) is 21.7. The van der Waals surface area contributed by atoms with Crippen molar-refractivity contribution in [3.8, 4) is 0 Å². The minimum atomic E-state index is -0.715. The van der Waals surface area contributed by atoms with Crippen molar-refractivity contribution in [2.24, 2.45) is 7.05 Å². The minimum Gasteiger partial charge on any atom is -0.439 e. The van der Waals surface area contributed by atoms with E-state index in [0.29, 0.717) is 43.9 Å². The Bertz CT molecular complexity index is 1240. The van der Waals surface area contributed by atoms with Gasteiger partial charge < -0.3 is 15.0 Å². The number of ether oxygens (including phenoxy) is 1. The third kappa shape index (κ3) is 4.24. The molecule has 1 N–H and O–H groups in total. The number of nitrogens with zero attached hydrogens (tertiary/aromatic N) is 4. The molecule has 3 aromatic rings. The van der Waals surface area contributed by atoms with Crippen LogP contribution in [0.15, 0.2) is 66.9 Å². The van der Waals surface area contributed by atoms with Crippen LogP contribution in [0.5, 0.6) is 0 Å². The van der Waals surface area contributed by atoms with Crippen molar-refractivity contribution in [3.05, 3.63) is 83.7 Å². The number of anilines is 1. The largest absolute Gasteiger partial charge is 0.439 e. The number of hydrogen-bond donors (Lipinski definition) is 1. The van der Waals surface area contributed by atoms with E-state index in [9.17, 15) is 14.4 Å². The van der Waals surface area contributed by atoms with Crippen LogP contribution in [0, 0.1) is 0 Å². The van der Waals surface area contributed by atoms with E-state index >= 15 is 0 Å². The fourth-order valence-corrected chi connectivity index (χ4v) is 4.52. The van der Waals surface area contributed by atoms with Crippen LogP contribution in [0.1, 0.15) is 32.8 Å². The Balaban J connectivity index is 1.28. The molecule has 1 spiro atoms. The van der Waals surface area contributed by atoms with Gasteiger partial charge in [-0.1, -0.05) is 42.5 Å². The summed E-state index contributed by atoms with van der Waals surface area (Å²) in [6.45, 7) is 1.68. The van der Waals surface area contributed by atoms with E-state index in [1.54, 1.807) is 58.1 Å². The summed E-state index contributed by atoms with van der Waals surface area (Å²) >= 11 is 0. The summed E-state index contributed by atoms with van der Waals surface area (Å²) in [7, 11) is 1.73. The second-order valence-corrected chi connectivity index (χ2v) is 8.74. The second-order valence-electron chi connectivity index (χ2n) is 8.74. The van der Waals surface area contributed by atoms with Crippen molar-refractivity contribution in [3.63, 3.8) is 0 Å². The molecule has 2 aromatic carbocycles. The van der Waals surface area contributed by atoms with Crippen molar-refractivity contribution >= 4 is 23.6 Å². The van der Waals surface area contributed by atoms with E-state index in [-0.39, 0.29) is 23.6 Å². The van der Waals surface area contributed by atoms with Crippen LogP contribution < -0.4 is 5.32 Å². The molecule has 2 aliphatic heterocycles.